The van der Waals surface area contributed by atoms with Gasteiger partial charge in [0, 0.05) is 0 Å². The Kier molecular flexibility index (Phi) is 5.31. The molecule has 13 heavy (non-hydrogen) atoms. The van der Waals surface area contributed by atoms with Crippen molar-refractivity contribution in [1.29, 1.82) is 0 Å². The molecule has 0 aromatic carbocycles. The summed E-state index contributed by atoms with van der Waals surface area (Å²) in [7, 11) is 0. The molecule has 0 heterocycles. The van der Waals surface area contributed by atoms with E-state index in [2.05, 4.69) is 20.8 Å². The van der Waals surface area contributed by atoms with Gasteiger partial charge in [0.05, 0.1) is 0 Å². The van der Waals surface area contributed by atoms with E-state index in [1.807, 2.05) is 0 Å². The topological polar surface area (TPSA) is 26.0 Å². The van der Waals surface area contributed by atoms with Crippen LogP contribution in [0.5, 0.6) is 0 Å². The van der Waals surface area contributed by atoms with E-state index in [1.165, 1.54) is 25.7 Å². The van der Waals surface area contributed by atoms with E-state index in [4.69, 9.17) is 5.73 Å². The number of hydrogen-bond acceptors (Lipinski definition) is 1. The van der Waals surface area contributed by atoms with Gasteiger partial charge in [-0.3, -0.25) is 0 Å². The van der Waals surface area contributed by atoms with Crippen molar-refractivity contribution in [3.05, 3.63) is 0 Å². The quantitative estimate of drug-likeness (QED) is 0.736. The molecule has 2 heteroatoms. The molecule has 1 saturated carbocycles. The van der Waals surface area contributed by atoms with Crippen LogP contribution in [0, 0.1) is 17.3 Å². The second kappa shape index (κ2) is 5.21. The lowest BCUT2D eigenvalue weighted by molar-refractivity contribution is 0.157. The van der Waals surface area contributed by atoms with Crippen molar-refractivity contribution in [2.45, 2.75) is 46.5 Å². The highest BCUT2D eigenvalue weighted by Crippen LogP contribution is 2.40. The molecule has 0 aromatic heterocycles. The Morgan fingerprint density at radius 1 is 1.31 bits per heavy atom. The van der Waals surface area contributed by atoms with Crippen LogP contribution in [0.15, 0.2) is 0 Å². The van der Waals surface area contributed by atoms with Gasteiger partial charge >= 0.3 is 0 Å². The maximum atomic E-state index is 5.67. The Bertz CT molecular complexity index is 135. The molecule has 0 bridgehead atoms. The molecule has 0 amide bonds. The largest absolute Gasteiger partial charge is 0.330 e. The zero-order valence-corrected chi connectivity index (χ0v) is 9.99. The Balaban J connectivity index is 0.00000144. The summed E-state index contributed by atoms with van der Waals surface area (Å²) in [5.74, 6) is 1.64. The molecule has 1 aliphatic rings. The molecular weight excluding hydrogens is 182 g/mol. The van der Waals surface area contributed by atoms with E-state index in [9.17, 15) is 0 Å². The lowest BCUT2D eigenvalue weighted by Gasteiger charge is -2.36. The minimum atomic E-state index is 0. The summed E-state index contributed by atoms with van der Waals surface area (Å²) >= 11 is 0. The first kappa shape index (κ1) is 13.2. The first-order valence-electron chi connectivity index (χ1n) is 5.25. The number of nitrogens with two attached hydrogens (primary N) is 1. The summed E-state index contributed by atoms with van der Waals surface area (Å²) in [6.07, 6.45) is 5.57. The van der Waals surface area contributed by atoms with Crippen LogP contribution in [-0.2, 0) is 0 Å². The summed E-state index contributed by atoms with van der Waals surface area (Å²) in [5, 5.41) is 0. The maximum absolute atomic E-state index is 5.67. The first-order chi connectivity index (χ1) is 5.55. The zero-order chi connectivity index (χ0) is 9.19. The van der Waals surface area contributed by atoms with E-state index in [-0.39, 0.29) is 12.4 Å². The second-order valence-corrected chi connectivity index (χ2v) is 5.21. The molecule has 0 aliphatic heterocycles. The van der Waals surface area contributed by atoms with Crippen LogP contribution in [-0.4, -0.2) is 6.54 Å². The van der Waals surface area contributed by atoms with Crippen LogP contribution in [0.4, 0.5) is 0 Å². The highest BCUT2D eigenvalue weighted by Gasteiger charge is 2.28. The van der Waals surface area contributed by atoms with Crippen molar-refractivity contribution < 1.29 is 0 Å². The van der Waals surface area contributed by atoms with Crippen LogP contribution < -0.4 is 5.73 Å². The minimum absolute atomic E-state index is 0. The van der Waals surface area contributed by atoms with E-state index in [0.717, 1.165) is 18.4 Å². The van der Waals surface area contributed by atoms with E-state index in [1.54, 1.807) is 0 Å². The van der Waals surface area contributed by atoms with Crippen LogP contribution in [0.1, 0.15) is 46.5 Å². The fourth-order valence-corrected chi connectivity index (χ4v) is 2.18. The normalized spacial score (nSPS) is 24.9. The third-order valence-electron chi connectivity index (χ3n) is 3.56. The van der Waals surface area contributed by atoms with Crippen LogP contribution >= 0.6 is 12.4 Å². The Hall–Kier alpha value is 0.250. The Morgan fingerprint density at radius 3 is 2.15 bits per heavy atom. The smallest absolute Gasteiger partial charge is 0.00489 e. The monoisotopic (exact) mass is 205 g/mol. The van der Waals surface area contributed by atoms with Crippen molar-refractivity contribution >= 4 is 12.4 Å². The van der Waals surface area contributed by atoms with Gasteiger partial charge in [-0.15, -0.1) is 12.4 Å². The molecule has 1 fully saturated rings. The van der Waals surface area contributed by atoms with Gasteiger partial charge in [-0.05, 0) is 49.5 Å². The lowest BCUT2D eigenvalue weighted by Crippen LogP contribution is -2.28. The molecule has 0 saturated heterocycles. The summed E-state index contributed by atoms with van der Waals surface area (Å²) < 4.78 is 0. The van der Waals surface area contributed by atoms with Crippen molar-refractivity contribution in [3.63, 3.8) is 0 Å². The third-order valence-corrected chi connectivity index (χ3v) is 3.56. The van der Waals surface area contributed by atoms with Crippen molar-refractivity contribution in [3.8, 4) is 0 Å². The van der Waals surface area contributed by atoms with Crippen LogP contribution in [0.3, 0.4) is 0 Å². The highest BCUT2D eigenvalue weighted by molar-refractivity contribution is 5.85. The summed E-state index contributed by atoms with van der Waals surface area (Å²) in [6, 6.07) is 0. The third kappa shape index (κ3) is 3.86. The fourth-order valence-electron chi connectivity index (χ4n) is 2.18. The van der Waals surface area contributed by atoms with Gasteiger partial charge in [-0.2, -0.15) is 0 Å². The summed E-state index contributed by atoms with van der Waals surface area (Å²) in [6.45, 7) is 7.93. The number of halogens is 1. The van der Waals surface area contributed by atoms with Gasteiger partial charge in [0.25, 0.3) is 0 Å². The number of rotatable bonds is 2. The molecule has 1 nitrogen and oxygen atoms in total. The van der Waals surface area contributed by atoms with Gasteiger partial charge < -0.3 is 5.73 Å². The molecule has 2 N–H and O–H groups in total. The van der Waals surface area contributed by atoms with Crippen molar-refractivity contribution in [2.75, 3.05) is 6.54 Å². The van der Waals surface area contributed by atoms with Crippen molar-refractivity contribution in [1.82, 2.24) is 0 Å². The predicted octanol–water partition coefficient (Wildman–Crippen LogP) is 3.22. The number of hydrogen-bond donors (Lipinski definition) is 1. The molecule has 1 atom stereocenters. The van der Waals surface area contributed by atoms with Gasteiger partial charge in [0.1, 0.15) is 0 Å². The molecule has 1 aliphatic carbocycles. The minimum Gasteiger partial charge on any atom is -0.330 e. The lowest BCUT2D eigenvalue weighted by atomic mass is 9.70. The van der Waals surface area contributed by atoms with E-state index < -0.39 is 0 Å². The van der Waals surface area contributed by atoms with Gasteiger partial charge in [0.15, 0.2) is 0 Å². The first-order valence-corrected chi connectivity index (χ1v) is 5.25. The molecule has 1 unspecified atom stereocenters. The molecule has 0 radical (unpaired) electrons. The van der Waals surface area contributed by atoms with E-state index >= 15 is 0 Å². The second-order valence-electron chi connectivity index (χ2n) is 5.21. The molecular formula is C11H24ClN. The summed E-state index contributed by atoms with van der Waals surface area (Å²) in [4.78, 5) is 0. The fraction of sp³-hybridized carbons (Fsp3) is 1.00. The van der Waals surface area contributed by atoms with Crippen LogP contribution in [0.25, 0.3) is 0 Å². The average Bonchev–Trinajstić information content (AvgIpc) is 2.03. The molecule has 0 spiro atoms. The molecule has 80 valence electrons. The summed E-state index contributed by atoms with van der Waals surface area (Å²) in [5.41, 5.74) is 6.27. The molecule has 0 aromatic rings. The Labute approximate surface area is 88.9 Å². The maximum Gasteiger partial charge on any atom is -0.00489 e. The zero-order valence-electron chi connectivity index (χ0n) is 9.18. The average molecular weight is 206 g/mol. The van der Waals surface area contributed by atoms with E-state index in [0.29, 0.717) is 5.41 Å². The van der Waals surface area contributed by atoms with Gasteiger partial charge in [-0.25, -0.2) is 0 Å². The SMILES string of the molecule is CC(CN)C1CCC(C)(C)CC1.Cl. The van der Waals surface area contributed by atoms with Crippen molar-refractivity contribution in [2.24, 2.45) is 23.0 Å². The van der Waals surface area contributed by atoms with Gasteiger partial charge in [0.2, 0.25) is 0 Å². The highest BCUT2D eigenvalue weighted by atomic mass is 35.5. The standard InChI is InChI=1S/C11H23N.ClH/c1-9(8-12)10-4-6-11(2,3)7-5-10;/h9-10H,4-8,12H2,1-3H3;1H. The predicted molar refractivity (Wildman–Crippen MR) is 61.2 cm³/mol. The molecule has 1 rings (SSSR count). The van der Waals surface area contributed by atoms with Gasteiger partial charge in [-0.1, -0.05) is 20.8 Å². The Morgan fingerprint density at radius 2 is 1.77 bits per heavy atom. The van der Waals surface area contributed by atoms with Crippen LogP contribution in [0.2, 0.25) is 0 Å².